The third-order valence-corrected chi connectivity index (χ3v) is 12.9. The number of fused-ring (bicyclic) bond motifs is 2. The molecule has 1 fully saturated rings. The molecule has 0 spiro atoms. The Kier molecular flexibility index (Phi) is 5.64. The fraction of sp³-hybridized carbons (Fsp3) is 0.556. The Morgan fingerprint density at radius 2 is 1.88 bits per heavy atom. The lowest BCUT2D eigenvalue weighted by molar-refractivity contribution is 0.147. The second-order valence-electron chi connectivity index (χ2n) is 11.6. The lowest BCUT2D eigenvalue weighted by Gasteiger charge is -2.39. The number of benzene rings is 1. The fourth-order valence-electron chi connectivity index (χ4n) is 5.38. The van der Waals surface area contributed by atoms with Gasteiger partial charge in [0.2, 0.25) is 0 Å². The van der Waals surface area contributed by atoms with E-state index in [9.17, 15) is 0 Å². The summed E-state index contributed by atoms with van der Waals surface area (Å²) in [5.41, 5.74) is 3.88. The van der Waals surface area contributed by atoms with Gasteiger partial charge in [-0.15, -0.1) is 0 Å². The van der Waals surface area contributed by atoms with Crippen molar-refractivity contribution in [3.63, 3.8) is 0 Å². The van der Waals surface area contributed by atoms with Crippen LogP contribution < -0.4 is 5.32 Å². The molecule has 2 aromatic heterocycles. The molecule has 5 nitrogen and oxygen atoms in total. The smallest absolute Gasteiger partial charge is 0.192 e. The van der Waals surface area contributed by atoms with Gasteiger partial charge in [0.1, 0.15) is 17.8 Å². The zero-order valence-electron chi connectivity index (χ0n) is 20.9. The van der Waals surface area contributed by atoms with Crippen LogP contribution in [0.15, 0.2) is 42.9 Å². The third kappa shape index (κ3) is 4.12. The molecular formula is C27H38N4OSi. The van der Waals surface area contributed by atoms with Crippen LogP contribution in [0.3, 0.4) is 0 Å². The number of nitrogens with one attached hydrogen (secondary N) is 1. The highest BCUT2D eigenvalue weighted by atomic mass is 28.4. The van der Waals surface area contributed by atoms with E-state index in [0.29, 0.717) is 24.1 Å². The Hall–Kier alpha value is -2.18. The maximum Gasteiger partial charge on any atom is 0.192 e. The zero-order chi connectivity index (χ0) is 23.4. The molecule has 2 aliphatic carbocycles. The summed E-state index contributed by atoms with van der Waals surface area (Å²) in [5.74, 6) is 1.50. The molecule has 176 valence electrons. The van der Waals surface area contributed by atoms with Crippen molar-refractivity contribution in [2.24, 2.45) is 5.92 Å². The van der Waals surface area contributed by atoms with Crippen LogP contribution in [0.25, 0.3) is 11.0 Å². The molecular weight excluding hydrogens is 424 g/mol. The van der Waals surface area contributed by atoms with Crippen molar-refractivity contribution in [1.82, 2.24) is 14.5 Å². The van der Waals surface area contributed by atoms with Crippen molar-refractivity contribution < 1.29 is 4.43 Å². The minimum atomic E-state index is -1.78. The molecule has 3 aromatic rings. The third-order valence-electron chi connectivity index (χ3n) is 8.38. The quantitative estimate of drug-likeness (QED) is 0.419. The van der Waals surface area contributed by atoms with Gasteiger partial charge in [0.05, 0.1) is 11.4 Å². The van der Waals surface area contributed by atoms with Crippen molar-refractivity contribution in [3.8, 4) is 0 Å². The minimum absolute atomic E-state index is 0.234. The van der Waals surface area contributed by atoms with E-state index in [-0.39, 0.29) is 5.04 Å². The van der Waals surface area contributed by atoms with E-state index in [1.807, 2.05) is 0 Å². The Labute approximate surface area is 199 Å². The normalized spacial score (nSPS) is 25.5. The van der Waals surface area contributed by atoms with Crippen molar-refractivity contribution in [2.75, 3.05) is 5.32 Å². The van der Waals surface area contributed by atoms with E-state index in [0.717, 1.165) is 42.5 Å². The molecule has 1 saturated carbocycles. The second kappa shape index (κ2) is 8.24. The molecule has 6 heteroatoms. The maximum atomic E-state index is 6.84. The molecule has 2 heterocycles. The first-order chi connectivity index (χ1) is 15.6. The molecule has 1 aromatic carbocycles. The molecule has 5 rings (SSSR count). The SMILES string of the molecule is C[C@H]1C[C@@H](n2ccc3c(N[C@H]4CCc5ccccc54)ncnc32)C[C@@H]1O[Si](C)(C)C(C)(C)C. The van der Waals surface area contributed by atoms with Crippen LogP contribution in [0, 0.1) is 5.92 Å². The average molecular weight is 463 g/mol. The molecule has 0 aliphatic heterocycles. The summed E-state index contributed by atoms with van der Waals surface area (Å²) in [7, 11) is -1.78. The van der Waals surface area contributed by atoms with E-state index < -0.39 is 8.32 Å². The van der Waals surface area contributed by atoms with Crippen LogP contribution in [0.1, 0.15) is 70.2 Å². The number of rotatable bonds is 5. The van der Waals surface area contributed by atoms with Crippen molar-refractivity contribution in [1.29, 1.82) is 0 Å². The van der Waals surface area contributed by atoms with Gasteiger partial charge in [-0.1, -0.05) is 52.0 Å². The Morgan fingerprint density at radius 3 is 2.67 bits per heavy atom. The molecule has 33 heavy (non-hydrogen) atoms. The maximum absolute atomic E-state index is 6.84. The van der Waals surface area contributed by atoms with Gasteiger partial charge in [-0.3, -0.25) is 0 Å². The molecule has 4 atom stereocenters. The largest absolute Gasteiger partial charge is 0.414 e. The average Bonchev–Trinajstić information content (AvgIpc) is 3.45. The van der Waals surface area contributed by atoms with E-state index >= 15 is 0 Å². The Morgan fingerprint density at radius 1 is 1.09 bits per heavy atom. The molecule has 0 radical (unpaired) electrons. The summed E-state index contributed by atoms with van der Waals surface area (Å²) in [5, 5.41) is 5.07. The van der Waals surface area contributed by atoms with Crippen LogP contribution in [0.4, 0.5) is 5.82 Å². The van der Waals surface area contributed by atoms with Crippen molar-refractivity contribution in [2.45, 2.75) is 89.7 Å². The molecule has 0 saturated heterocycles. The van der Waals surface area contributed by atoms with Gasteiger partial charge in [-0.05, 0) is 66.9 Å². The summed E-state index contributed by atoms with van der Waals surface area (Å²) < 4.78 is 9.21. The number of aromatic nitrogens is 3. The van der Waals surface area contributed by atoms with Crippen LogP contribution in [0.5, 0.6) is 0 Å². The highest BCUT2D eigenvalue weighted by Crippen LogP contribution is 2.44. The number of anilines is 1. The molecule has 0 amide bonds. The van der Waals surface area contributed by atoms with Crippen molar-refractivity contribution >= 4 is 25.2 Å². The van der Waals surface area contributed by atoms with E-state index in [4.69, 9.17) is 9.41 Å². The fourth-order valence-corrected chi connectivity index (χ4v) is 6.82. The standard InChI is InChI=1S/C27H38N4OSi/c1-18-15-20(16-24(18)32-33(5,6)27(2,3)4)31-14-13-22-25(28-17-29-26(22)31)30-23-12-11-19-9-7-8-10-21(19)23/h7-10,13-14,17-18,20,23-24H,11-12,15-16H2,1-6H3,(H,28,29,30)/t18-,20+,23-,24-/m0/s1. The predicted octanol–water partition coefficient (Wildman–Crippen LogP) is 6.89. The van der Waals surface area contributed by atoms with Gasteiger partial charge in [-0.25, -0.2) is 9.97 Å². The van der Waals surface area contributed by atoms with Crippen molar-refractivity contribution in [3.05, 3.63) is 54.0 Å². The summed E-state index contributed by atoms with van der Waals surface area (Å²) in [6.07, 6.45) is 8.66. The summed E-state index contributed by atoms with van der Waals surface area (Å²) in [6, 6.07) is 11.7. The van der Waals surface area contributed by atoms with Gasteiger partial charge in [0.25, 0.3) is 0 Å². The molecule has 1 N–H and O–H groups in total. The summed E-state index contributed by atoms with van der Waals surface area (Å²) in [6.45, 7) is 14.1. The zero-order valence-corrected chi connectivity index (χ0v) is 21.9. The highest BCUT2D eigenvalue weighted by molar-refractivity contribution is 6.74. The number of hydrogen-bond donors (Lipinski definition) is 1. The minimum Gasteiger partial charge on any atom is -0.414 e. The van der Waals surface area contributed by atoms with Crippen LogP contribution in [-0.2, 0) is 10.8 Å². The molecule has 0 bridgehead atoms. The van der Waals surface area contributed by atoms with E-state index in [1.54, 1.807) is 6.33 Å². The predicted molar refractivity (Wildman–Crippen MR) is 138 cm³/mol. The lowest BCUT2D eigenvalue weighted by atomic mass is 10.1. The van der Waals surface area contributed by atoms with Crippen LogP contribution >= 0.6 is 0 Å². The monoisotopic (exact) mass is 462 g/mol. The number of hydrogen-bond acceptors (Lipinski definition) is 4. The topological polar surface area (TPSA) is 52.0 Å². The van der Waals surface area contributed by atoms with Gasteiger partial charge in [-0.2, -0.15) is 0 Å². The Bertz CT molecular complexity index is 1150. The highest BCUT2D eigenvalue weighted by Gasteiger charge is 2.43. The lowest BCUT2D eigenvalue weighted by Crippen LogP contribution is -2.44. The molecule has 0 unspecified atom stereocenters. The second-order valence-corrected chi connectivity index (χ2v) is 16.4. The molecule has 2 aliphatic rings. The van der Waals surface area contributed by atoms with Gasteiger partial charge in [0.15, 0.2) is 8.32 Å². The van der Waals surface area contributed by atoms with Gasteiger partial charge >= 0.3 is 0 Å². The first-order valence-corrected chi connectivity index (χ1v) is 15.4. The van der Waals surface area contributed by atoms with Crippen LogP contribution in [0.2, 0.25) is 18.1 Å². The first kappa shape index (κ1) is 22.6. The first-order valence-electron chi connectivity index (χ1n) is 12.5. The summed E-state index contributed by atoms with van der Waals surface area (Å²) >= 11 is 0. The van der Waals surface area contributed by atoms with Gasteiger partial charge in [0, 0.05) is 18.3 Å². The van der Waals surface area contributed by atoms with E-state index in [1.165, 1.54) is 11.1 Å². The van der Waals surface area contributed by atoms with E-state index in [2.05, 4.69) is 92.2 Å². The van der Waals surface area contributed by atoms with Crippen LogP contribution in [-0.4, -0.2) is 29.0 Å². The van der Waals surface area contributed by atoms with Gasteiger partial charge < -0.3 is 14.3 Å². The summed E-state index contributed by atoms with van der Waals surface area (Å²) in [4.78, 5) is 9.34. The number of aryl methyl sites for hydroxylation is 1. The number of nitrogens with zero attached hydrogens (tertiary/aromatic N) is 3. The Balaban J connectivity index is 1.37.